The van der Waals surface area contributed by atoms with Crippen molar-refractivity contribution in [1.29, 1.82) is 0 Å². The fraction of sp³-hybridized carbons (Fsp3) is 0.452. The van der Waals surface area contributed by atoms with E-state index in [1.165, 1.54) is 0 Å². The van der Waals surface area contributed by atoms with Crippen LogP contribution in [0.4, 0.5) is 35.5 Å². The number of hydrogen-bond acceptors (Lipinski definition) is 10. The summed E-state index contributed by atoms with van der Waals surface area (Å²) >= 11 is 0. The molecule has 4 heterocycles. The smallest absolute Gasteiger partial charge is 0.422 e. The summed E-state index contributed by atoms with van der Waals surface area (Å²) in [4.78, 5) is 39.4. The number of amides is 2. The van der Waals surface area contributed by atoms with Crippen LogP contribution in [0, 0.1) is 0 Å². The number of aromatic nitrogens is 3. The van der Waals surface area contributed by atoms with Gasteiger partial charge in [0.2, 0.25) is 11.9 Å². The van der Waals surface area contributed by atoms with Crippen LogP contribution in [0.15, 0.2) is 48.5 Å². The molecule has 12 nitrogen and oxygen atoms in total. The Morgan fingerprint density at radius 2 is 1.61 bits per heavy atom. The number of fused-ring (bicyclic) bond motifs is 2. The van der Waals surface area contributed by atoms with Gasteiger partial charge in [0.25, 0.3) is 5.91 Å². The van der Waals surface area contributed by atoms with E-state index in [1.807, 2.05) is 45.0 Å². The first kappa shape index (κ1) is 34.1. The summed E-state index contributed by atoms with van der Waals surface area (Å²) in [5.41, 5.74) is 1.07. The maximum Gasteiger partial charge on any atom is 0.422 e. The molecule has 3 aliphatic heterocycles. The van der Waals surface area contributed by atoms with Gasteiger partial charge in [-0.15, -0.1) is 0 Å². The Kier molecular flexibility index (Phi) is 11.4. The van der Waals surface area contributed by atoms with Crippen LogP contribution in [0.3, 0.4) is 0 Å². The van der Waals surface area contributed by atoms with Gasteiger partial charge in [-0.1, -0.05) is 12.1 Å². The fourth-order valence-corrected chi connectivity index (χ4v) is 4.21. The normalized spacial score (nSPS) is 15.3. The van der Waals surface area contributed by atoms with Gasteiger partial charge >= 0.3 is 18.3 Å². The van der Waals surface area contributed by atoms with E-state index in [0.29, 0.717) is 62.5 Å². The number of nitrogens with one attached hydrogen (secondary N) is 3. The number of alkyl halides is 3. The summed E-state index contributed by atoms with van der Waals surface area (Å²) in [7, 11) is 0. The largest absolute Gasteiger partial charge is 0.494 e. The van der Waals surface area contributed by atoms with Crippen LogP contribution in [0.2, 0.25) is 0 Å². The fourth-order valence-electron chi connectivity index (χ4n) is 4.21. The highest BCUT2D eigenvalue weighted by Crippen LogP contribution is 2.21. The molecule has 3 aromatic rings. The Hall–Kier alpha value is -4.82. The summed E-state index contributed by atoms with van der Waals surface area (Å²) in [5.74, 6) is 0.293. The van der Waals surface area contributed by atoms with Crippen LogP contribution in [-0.2, 0) is 11.3 Å². The molecule has 1 aromatic heterocycles. The van der Waals surface area contributed by atoms with E-state index in [-0.39, 0.29) is 24.3 Å². The van der Waals surface area contributed by atoms with Gasteiger partial charge in [-0.05, 0) is 82.0 Å². The zero-order valence-electron chi connectivity index (χ0n) is 25.9. The van der Waals surface area contributed by atoms with Crippen molar-refractivity contribution in [3.63, 3.8) is 0 Å². The minimum absolute atomic E-state index is 0.00283. The Labute approximate surface area is 265 Å². The number of halogens is 3. The Morgan fingerprint density at radius 3 is 2.30 bits per heavy atom. The molecule has 0 fully saturated rings. The van der Waals surface area contributed by atoms with E-state index < -0.39 is 30.5 Å². The van der Waals surface area contributed by atoms with E-state index in [9.17, 15) is 22.8 Å². The molecule has 46 heavy (non-hydrogen) atoms. The second-order valence-electron chi connectivity index (χ2n) is 11.5. The molecule has 0 spiro atoms. The molecule has 248 valence electrons. The summed E-state index contributed by atoms with van der Waals surface area (Å²) in [6.07, 6.45) is -3.08. The van der Waals surface area contributed by atoms with Crippen LogP contribution in [0.1, 0.15) is 56.0 Å². The van der Waals surface area contributed by atoms with Crippen LogP contribution in [0.25, 0.3) is 0 Å². The van der Waals surface area contributed by atoms with Gasteiger partial charge in [-0.2, -0.15) is 28.1 Å². The summed E-state index contributed by atoms with van der Waals surface area (Å²) < 4.78 is 54.6. The highest BCUT2D eigenvalue weighted by Gasteiger charge is 2.29. The van der Waals surface area contributed by atoms with E-state index in [1.54, 1.807) is 29.2 Å². The average Bonchev–Trinajstić information content (AvgIpc) is 2.99. The number of carbonyl (C=O) groups excluding carboxylic acids is 2. The Bertz CT molecular complexity index is 1450. The van der Waals surface area contributed by atoms with Crippen molar-refractivity contribution in [3.05, 3.63) is 59.7 Å². The zero-order chi connectivity index (χ0) is 33.2. The first-order valence-electron chi connectivity index (χ1n) is 14.9. The second-order valence-corrected chi connectivity index (χ2v) is 11.5. The highest BCUT2D eigenvalue weighted by atomic mass is 19.4. The zero-order valence-corrected chi connectivity index (χ0v) is 25.9. The molecule has 15 heteroatoms. The number of carbonyl (C=O) groups is 2. The maximum atomic E-state index is 12.8. The predicted octanol–water partition coefficient (Wildman–Crippen LogP) is 5.70. The lowest BCUT2D eigenvalue weighted by molar-refractivity contribution is -0.154. The molecule has 0 saturated carbocycles. The Balaban J connectivity index is 1.51. The van der Waals surface area contributed by atoms with Crippen molar-refractivity contribution in [2.45, 2.75) is 58.4 Å². The van der Waals surface area contributed by atoms with Crippen LogP contribution in [-0.4, -0.2) is 76.5 Å². The van der Waals surface area contributed by atoms with Gasteiger partial charge < -0.3 is 35.1 Å². The lowest BCUT2D eigenvalue weighted by atomic mass is 10.2. The molecule has 2 amide bonds. The number of anilines is 3. The molecule has 0 radical (unpaired) electrons. The molecular weight excluding hydrogens is 607 g/mol. The number of nitrogens with zero attached hydrogens (tertiary/aromatic N) is 4. The number of rotatable bonds is 2. The van der Waals surface area contributed by atoms with E-state index in [4.69, 9.17) is 14.2 Å². The molecule has 3 aliphatic rings. The van der Waals surface area contributed by atoms with Gasteiger partial charge in [-0.25, -0.2) is 4.79 Å². The lowest BCUT2D eigenvalue weighted by Crippen LogP contribution is -2.39. The SMILES string of the molecule is CC(C)(C)OC(=O)N1CCCCOc2ccc(cc2)CNc2nc(nc(OCC(F)(F)F)n2)Nc2ccc(cc2)C(=O)NCCC1. The quantitative estimate of drug-likeness (QED) is 0.318. The van der Waals surface area contributed by atoms with Crippen molar-refractivity contribution in [3.8, 4) is 11.8 Å². The molecule has 3 N–H and O–H groups in total. The van der Waals surface area contributed by atoms with Crippen molar-refractivity contribution >= 4 is 29.6 Å². The van der Waals surface area contributed by atoms with Gasteiger partial charge in [0.15, 0.2) is 6.61 Å². The van der Waals surface area contributed by atoms with Gasteiger partial charge in [0, 0.05) is 37.4 Å². The monoisotopic (exact) mass is 645 g/mol. The summed E-state index contributed by atoms with van der Waals surface area (Å²) in [6.45, 7) is 5.78. The van der Waals surface area contributed by atoms with Crippen molar-refractivity contribution in [2.75, 3.05) is 43.5 Å². The second kappa shape index (κ2) is 15.5. The van der Waals surface area contributed by atoms with E-state index in [2.05, 4.69) is 30.9 Å². The van der Waals surface area contributed by atoms with E-state index in [0.717, 1.165) is 5.56 Å². The number of ether oxygens (including phenoxy) is 3. The van der Waals surface area contributed by atoms with Gasteiger partial charge in [-0.3, -0.25) is 4.79 Å². The van der Waals surface area contributed by atoms with Crippen LogP contribution in [0.5, 0.6) is 11.8 Å². The number of benzene rings is 2. The minimum Gasteiger partial charge on any atom is -0.494 e. The molecule has 2 aromatic carbocycles. The summed E-state index contributed by atoms with van der Waals surface area (Å²) in [6, 6.07) is 13.2. The third kappa shape index (κ3) is 11.6. The van der Waals surface area contributed by atoms with Crippen molar-refractivity contribution in [1.82, 2.24) is 25.2 Å². The molecule has 6 bridgehead atoms. The predicted molar refractivity (Wildman–Crippen MR) is 164 cm³/mol. The molecule has 0 atom stereocenters. The van der Waals surface area contributed by atoms with Crippen LogP contribution < -0.4 is 25.4 Å². The topological polar surface area (TPSA) is 140 Å². The Morgan fingerprint density at radius 1 is 0.913 bits per heavy atom. The maximum absolute atomic E-state index is 12.8. The highest BCUT2D eigenvalue weighted by molar-refractivity contribution is 5.94. The van der Waals surface area contributed by atoms with Gasteiger partial charge in [0.05, 0.1) is 6.61 Å². The average molecular weight is 646 g/mol. The standard InChI is InChI=1S/C31H38F3N7O5/c1-30(2,3)46-29(43)41-16-4-5-18-44-24-13-7-21(8-14-24)19-36-26-38-27(40-28(39-26)45-20-31(32,33)34)37-23-11-9-22(10-12-23)25(42)35-15-6-17-41/h7-14H,4-6,15-20H2,1-3H3,(H,35,42)(H2,36,37,38,39,40). The first-order valence-corrected chi connectivity index (χ1v) is 14.9. The molecule has 0 saturated heterocycles. The minimum atomic E-state index is -4.58. The molecular formula is C31H38F3N7O5. The van der Waals surface area contributed by atoms with Crippen LogP contribution >= 0.6 is 0 Å². The number of hydrogen-bond donors (Lipinski definition) is 3. The van der Waals surface area contributed by atoms with Crippen molar-refractivity contribution in [2.24, 2.45) is 0 Å². The lowest BCUT2D eigenvalue weighted by Gasteiger charge is -2.27. The van der Waals surface area contributed by atoms with Crippen molar-refractivity contribution < 1.29 is 37.0 Å². The first-order chi connectivity index (χ1) is 21.8. The molecule has 0 unspecified atom stereocenters. The van der Waals surface area contributed by atoms with E-state index >= 15 is 0 Å². The third-order valence-electron chi connectivity index (χ3n) is 6.39. The third-order valence-corrected chi connectivity index (χ3v) is 6.39. The van der Waals surface area contributed by atoms with Gasteiger partial charge in [0.1, 0.15) is 11.4 Å². The molecule has 0 aliphatic carbocycles. The molecule has 6 rings (SSSR count). The summed E-state index contributed by atoms with van der Waals surface area (Å²) in [5, 5.41) is 8.74.